The van der Waals surface area contributed by atoms with Crippen LogP contribution in [-0.2, 0) is 9.53 Å². The molecular weight excluding hydrogens is 220 g/mol. The van der Waals surface area contributed by atoms with Crippen molar-refractivity contribution in [3.05, 3.63) is 29.8 Å². The number of esters is 1. The Morgan fingerprint density at radius 2 is 2.06 bits per heavy atom. The lowest BCUT2D eigenvalue weighted by molar-refractivity contribution is -0.117. The Balaban J connectivity index is 2.91. The normalized spacial score (nSPS) is 11.7. The highest BCUT2D eigenvalue weighted by Crippen LogP contribution is 2.16. The predicted octanol–water partition coefficient (Wildman–Crippen LogP) is 1.15. The molecule has 0 aliphatic heterocycles. The van der Waals surface area contributed by atoms with Gasteiger partial charge in [-0.2, -0.15) is 0 Å². The summed E-state index contributed by atoms with van der Waals surface area (Å²) in [5.74, 6) is -0.810. The molecule has 0 bridgehead atoms. The Hall–Kier alpha value is -1.88. The molecule has 3 N–H and O–H groups in total. The first-order valence-electron chi connectivity index (χ1n) is 5.34. The van der Waals surface area contributed by atoms with Gasteiger partial charge in [-0.05, 0) is 18.6 Å². The number of hydrogen-bond acceptors (Lipinski definition) is 4. The van der Waals surface area contributed by atoms with Gasteiger partial charge in [0.2, 0.25) is 5.91 Å². The van der Waals surface area contributed by atoms with Gasteiger partial charge in [-0.15, -0.1) is 0 Å². The number of amides is 1. The lowest BCUT2D eigenvalue weighted by Gasteiger charge is -2.12. The van der Waals surface area contributed by atoms with Gasteiger partial charge < -0.3 is 15.8 Å². The quantitative estimate of drug-likeness (QED) is 0.768. The van der Waals surface area contributed by atoms with E-state index in [1.807, 2.05) is 6.92 Å². The molecule has 17 heavy (non-hydrogen) atoms. The Labute approximate surface area is 99.9 Å². The molecule has 92 valence electrons. The third-order valence-electron chi connectivity index (χ3n) is 2.37. The van der Waals surface area contributed by atoms with Crippen LogP contribution in [0.4, 0.5) is 5.69 Å². The highest BCUT2D eigenvalue weighted by atomic mass is 16.5. The molecular formula is C12H16N2O3. The van der Waals surface area contributed by atoms with E-state index in [0.717, 1.165) is 0 Å². The zero-order valence-corrected chi connectivity index (χ0v) is 9.90. The SMILES string of the molecule is CC[C@H](N)C(=O)Nc1ccccc1C(=O)OC. The van der Waals surface area contributed by atoms with Crippen LogP contribution in [0.2, 0.25) is 0 Å². The topological polar surface area (TPSA) is 81.4 Å². The molecule has 0 saturated carbocycles. The van der Waals surface area contributed by atoms with Gasteiger partial charge in [0.1, 0.15) is 0 Å². The minimum atomic E-state index is -0.583. The van der Waals surface area contributed by atoms with Gasteiger partial charge in [-0.1, -0.05) is 19.1 Å². The fraction of sp³-hybridized carbons (Fsp3) is 0.333. The van der Waals surface area contributed by atoms with Crippen LogP contribution in [0.1, 0.15) is 23.7 Å². The van der Waals surface area contributed by atoms with Crippen LogP contribution in [0.25, 0.3) is 0 Å². The molecule has 0 heterocycles. The molecule has 0 unspecified atom stereocenters. The molecule has 1 atom stereocenters. The minimum absolute atomic E-state index is 0.312. The summed E-state index contributed by atoms with van der Waals surface area (Å²) in [5, 5.41) is 2.61. The van der Waals surface area contributed by atoms with Gasteiger partial charge in [-0.3, -0.25) is 4.79 Å². The number of carbonyl (C=O) groups is 2. The van der Waals surface area contributed by atoms with E-state index in [2.05, 4.69) is 10.1 Å². The average Bonchev–Trinajstić information content (AvgIpc) is 2.37. The van der Waals surface area contributed by atoms with E-state index in [1.165, 1.54) is 7.11 Å². The average molecular weight is 236 g/mol. The fourth-order valence-corrected chi connectivity index (χ4v) is 1.29. The van der Waals surface area contributed by atoms with Gasteiger partial charge >= 0.3 is 5.97 Å². The van der Waals surface area contributed by atoms with Gasteiger partial charge in [0.15, 0.2) is 0 Å². The standard InChI is InChI=1S/C12H16N2O3/c1-3-9(13)11(15)14-10-7-5-4-6-8(10)12(16)17-2/h4-7,9H,3,13H2,1-2H3,(H,14,15)/t9-/m0/s1. The first-order valence-corrected chi connectivity index (χ1v) is 5.34. The maximum Gasteiger partial charge on any atom is 0.339 e. The summed E-state index contributed by atoms with van der Waals surface area (Å²) >= 11 is 0. The van der Waals surface area contributed by atoms with Crippen LogP contribution in [0.3, 0.4) is 0 Å². The second-order valence-corrected chi connectivity index (χ2v) is 3.54. The van der Waals surface area contributed by atoms with E-state index >= 15 is 0 Å². The van der Waals surface area contributed by atoms with E-state index in [9.17, 15) is 9.59 Å². The number of para-hydroxylation sites is 1. The molecule has 1 amide bonds. The van der Waals surface area contributed by atoms with Gasteiger partial charge in [0, 0.05) is 0 Å². The maximum atomic E-state index is 11.6. The zero-order valence-electron chi connectivity index (χ0n) is 9.90. The van der Waals surface area contributed by atoms with Crippen LogP contribution >= 0.6 is 0 Å². The van der Waals surface area contributed by atoms with Gasteiger partial charge in [-0.25, -0.2) is 4.79 Å². The van der Waals surface area contributed by atoms with Crippen LogP contribution in [-0.4, -0.2) is 25.0 Å². The molecule has 5 nitrogen and oxygen atoms in total. The van der Waals surface area contributed by atoms with Crippen molar-refractivity contribution in [1.29, 1.82) is 0 Å². The van der Waals surface area contributed by atoms with Crippen molar-refractivity contribution in [3.63, 3.8) is 0 Å². The number of hydrogen-bond donors (Lipinski definition) is 2. The number of methoxy groups -OCH3 is 1. The molecule has 1 rings (SSSR count). The Morgan fingerprint density at radius 3 is 2.65 bits per heavy atom. The summed E-state index contributed by atoms with van der Waals surface area (Å²) in [4.78, 5) is 23.1. The zero-order chi connectivity index (χ0) is 12.8. The van der Waals surface area contributed by atoms with Crippen molar-refractivity contribution in [2.24, 2.45) is 5.73 Å². The number of anilines is 1. The highest BCUT2D eigenvalue weighted by molar-refractivity contribution is 6.02. The van der Waals surface area contributed by atoms with Crippen molar-refractivity contribution >= 4 is 17.6 Å². The largest absolute Gasteiger partial charge is 0.465 e. The molecule has 0 radical (unpaired) electrons. The van der Waals surface area contributed by atoms with Crippen molar-refractivity contribution in [2.75, 3.05) is 12.4 Å². The lowest BCUT2D eigenvalue weighted by atomic mass is 10.1. The predicted molar refractivity (Wildman–Crippen MR) is 64.7 cm³/mol. The van der Waals surface area contributed by atoms with E-state index in [-0.39, 0.29) is 5.91 Å². The summed E-state index contributed by atoms with van der Waals surface area (Å²) in [6, 6.07) is 6.05. The maximum absolute atomic E-state index is 11.6. The van der Waals surface area contributed by atoms with Crippen LogP contribution in [0.15, 0.2) is 24.3 Å². The summed E-state index contributed by atoms with van der Waals surface area (Å²) in [6.07, 6.45) is 0.534. The first-order chi connectivity index (χ1) is 8.10. The van der Waals surface area contributed by atoms with Gasteiger partial charge in [0.25, 0.3) is 0 Å². The summed E-state index contributed by atoms with van der Waals surface area (Å²) in [5.41, 5.74) is 6.32. The number of rotatable bonds is 4. The summed E-state index contributed by atoms with van der Waals surface area (Å²) in [6.45, 7) is 1.82. The van der Waals surface area contributed by atoms with E-state index in [0.29, 0.717) is 17.7 Å². The molecule has 0 fully saturated rings. The number of nitrogens with one attached hydrogen (secondary N) is 1. The Kier molecular flexibility index (Phi) is 4.66. The number of ether oxygens (including phenoxy) is 1. The molecule has 0 aliphatic rings. The Bertz CT molecular complexity index is 418. The van der Waals surface area contributed by atoms with Crippen molar-refractivity contribution in [2.45, 2.75) is 19.4 Å². The minimum Gasteiger partial charge on any atom is -0.465 e. The van der Waals surface area contributed by atoms with E-state index < -0.39 is 12.0 Å². The van der Waals surface area contributed by atoms with Crippen LogP contribution in [0.5, 0.6) is 0 Å². The Morgan fingerprint density at radius 1 is 1.41 bits per heavy atom. The van der Waals surface area contributed by atoms with Gasteiger partial charge in [0.05, 0.1) is 24.4 Å². The van der Waals surface area contributed by atoms with E-state index in [4.69, 9.17) is 5.73 Å². The first kappa shape index (κ1) is 13.2. The highest BCUT2D eigenvalue weighted by Gasteiger charge is 2.16. The van der Waals surface area contributed by atoms with Crippen LogP contribution in [0, 0.1) is 0 Å². The number of benzene rings is 1. The van der Waals surface area contributed by atoms with Crippen molar-refractivity contribution in [3.8, 4) is 0 Å². The summed E-state index contributed by atoms with van der Waals surface area (Å²) in [7, 11) is 1.29. The molecule has 1 aromatic rings. The van der Waals surface area contributed by atoms with Crippen molar-refractivity contribution < 1.29 is 14.3 Å². The second kappa shape index (κ2) is 6.00. The third kappa shape index (κ3) is 3.29. The van der Waals surface area contributed by atoms with Crippen molar-refractivity contribution in [1.82, 2.24) is 0 Å². The molecule has 5 heteroatoms. The van der Waals surface area contributed by atoms with E-state index in [1.54, 1.807) is 24.3 Å². The smallest absolute Gasteiger partial charge is 0.339 e. The number of nitrogens with two attached hydrogens (primary N) is 1. The molecule has 0 spiro atoms. The second-order valence-electron chi connectivity index (χ2n) is 3.54. The molecule has 0 aromatic heterocycles. The molecule has 1 aromatic carbocycles. The third-order valence-corrected chi connectivity index (χ3v) is 2.37. The summed E-state index contributed by atoms with van der Waals surface area (Å²) < 4.78 is 4.62. The monoisotopic (exact) mass is 236 g/mol. The van der Waals surface area contributed by atoms with Crippen LogP contribution < -0.4 is 11.1 Å². The molecule has 0 aliphatic carbocycles. The fourth-order valence-electron chi connectivity index (χ4n) is 1.29. The number of carbonyl (C=O) groups excluding carboxylic acids is 2. The lowest BCUT2D eigenvalue weighted by Crippen LogP contribution is -2.35. The molecule has 0 saturated heterocycles.